The topological polar surface area (TPSA) is 46.2 Å². The van der Waals surface area contributed by atoms with E-state index in [-0.39, 0.29) is 16.7 Å². The third-order valence-electron chi connectivity index (χ3n) is 2.73. The molecule has 3 nitrogen and oxygen atoms in total. The molecular weight excluding hydrogens is 338 g/mol. The smallest absolute Gasteiger partial charge is 0.186 e. The monoisotopic (exact) mass is 351 g/mol. The molecule has 0 aliphatic carbocycles. The first-order valence-corrected chi connectivity index (χ1v) is 8.68. The van der Waals surface area contributed by atoms with E-state index in [1.54, 1.807) is 12.1 Å². The van der Waals surface area contributed by atoms with Crippen molar-refractivity contribution in [3.8, 4) is 0 Å². The van der Waals surface area contributed by atoms with Crippen LogP contribution in [0.3, 0.4) is 0 Å². The molecule has 0 atom stereocenters. The first kappa shape index (κ1) is 16.9. The highest BCUT2D eigenvalue weighted by atomic mass is 35.5. The first-order valence-electron chi connectivity index (χ1n) is 6.50. The molecule has 0 spiro atoms. The summed E-state index contributed by atoms with van der Waals surface area (Å²) in [5.74, 6) is 0.127. The molecule has 0 radical (unpaired) electrons. The number of nitrogens with one attached hydrogen (secondary N) is 1. The molecule has 0 aliphatic rings. The Balaban J connectivity index is 1.93. The predicted molar refractivity (Wildman–Crippen MR) is 94.8 cm³/mol. The molecule has 22 heavy (non-hydrogen) atoms. The van der Waals surface area contributed by atoms with Crippen molar-refractivity contribution in [2.45, 2.75) is 11.8 Å². The molecular formula is C16H14ClNO2S2. The fraction of sp³-hybridized carbons (Fsp3) is 0.125. The van der Waals surface area contributed by atoms with Crippen LogP contribution in [-0.2, 0) is 4.79 Å². The van der Waals surface area contributed by atoms with Gasteiger partial charge in [-0.3, -0.25) is 9.59 Å². The van der Waals surface area contributed by atoms with Crippen LogP contribution in [0, 0.1) is 0 Å². The maximum Gasteiger partial charge on any atom is 0.186 e. The van der Waals surface area contributed by atoms with Crippen molar-refractivity contribution >= 4 is 51.9 Å². The van der Waals surface area contributed by atoms with Gasteiger partial charge in [-0.1, -0.05) is 35.5 Å². The molecule has 0 saturated heterocycles. The zero-order chi connectivity index (χ0) is 15.9. The van der Waals surface area contributed by atoms with Gasteiger partial charge in [0.15, 0.2) is 10.9 Å². The number of Topliss-reactive ketones (excluding diaryl/α,β-unsaturated/α-hetero) is 1. The van der Waals surface area contributed by atoms with E-state index in [2.05, 4.69) is 4.72 Å². The lowest BCUT2D eigenvalue weighted by Crippen LogP contribution is -2.03. The fourth-order valence-electron chi connectivity index (χ4n) is 1.62. The minimum absolute atomic E-state index is 0.0505. The molecule has 0 bridgehead atoms. The third kappa shape index (κ3) is 5.09. The van der Waals surface area contributed by atoms with Crippen LogP contribution in [0.25, 0.3) is 0 Å². The van der Waals surface area contributed by atoms with E-state index in [0.29, 0.717) is 10.6 Å². The van der Waals surface area contributed by atoms with Gasteiger partial charge in [0.25, 0.3) is 0 Å². The SMILES string of the molecule is CC(=O)SCC(=O)c1ccc(NSc2ccccc2Cl)cc1. The second kappa shape index (κ2) is 8.27. The van der Waals surface area contributed by atoms with Gasteiger partial charge in [0.1, 0.15) is 0 Å². The number of rotatable bonds is 6. The molecule has 0 unspecified atom stereocenters. The first-order chi connectivity index (χ1) is 10.6. The van der Waals surface area contributed by atoms with Crippen molar-refractivity contribution in [1.29, 1.82) is 0 Å². The molecule has 6 heteroatoms. The van der Waals surface area contributed by atoms with Crippen LogP contribution in [0.1, 0.15) is 17.3 Å². The molecule has 1 N–H and O–H groups in total. The number of carbonyl (C=O) groups is 2. The summed E-state index contributed by atoms with van der Waals surface area (Å²) >= 11 is 8.52. The highest BCUT2D eigenvalue weighted by Gasteiger charge is 2.07. The summed E-state index contributed by atoms with van der Waals surface area (Å²) in [7, 11) is 0. The molecule has 2 aromatic rings. The molecule has 2 aromatic carbocycles. The number of ketones is 1. The number of halogens is 1. The van der Waals surface area contributed by atoms with Gasteiger partial charge in [0, 0.05) is 23.1 Å². The highest BCUT2D eigenvalue weighted by molar-refractivity contribution is 8.14. The Hall–Kier alpha value is -1.43. The van der Waals surface area contributed by atoms with Gasteiger partial charge >= 0.3 is 0 Å². The molecule has 114 valence electrons. The Morgan fingerprint density at radius 1 is 1.09 bits per heavy atom. The average molecular weight is 352 g/mol. The van der Waals surface area contributed by atoms with Crippen LogP contribution in [0.15, 0.2) is 53.4 Å². The number of hydrogen-bond donors (Lipinski definition) is 1. The highest BCUT2D eigenvalue weighted by Crippen LogP contribution is 2.27. The van der Waals surface area contributed by atoms with Crippen molar-refractivity contribution < 1.29 is 9.59 Å². The second-order valence-corrected chi connectivity index (χ2v) is 6.82. The molecule has 0 heterocycles. The van der Waals surface area contributed by atoms with E-state index in [9.17, 15) is 9.59 Å². The Bertz CT molecular complexity index is 674. The minimum atomic E-state index is -0.0530. The summed E-state index contributed by atoms with van der Waals surface area (Å²) < 4.78 is 3.18. The zero-order valence-electron chi connectivity index (χ0n) is 11.8. The summed E-state index contributed by atoms with van der Waals surface area (Å²) in [6, 6.07) is 14.7. The predicted octanol–water partition coefficient (Wildman–Crippen LogP) is 4.92. The molecule has 0 amide bonds. The van der Waals surface area contributed by atoms with Crippen LogP contribution in [0.5, 0.6) is 0 Å². The Morgan fingerprint density at radius 3 is 2.41 bits per heavy atom. The Labute approximate surface area is 143 Å². The van der Waals surface area contributed by atoms with E-state index < -0.39 is 0 Å². The van der Waals surface area contributed by atoms with Crippen LogP contribution >= 0.6 is 35.3 Å². The van der Waals surface area contributed by atoms with E-state index in [1.807, 2.05) is 36.4 Å². The van der Waals surface area contributed by atoms with Gasteiger partial charge in [0.05, 0.1) is 10.8 Å². The number of hydrogen-bond acceptors (Lipinski definition) is 5. The summed E-state index contributed by atoms with van der Waals surface area (Å²) in [6.07, 6.45) is 0. The van der Waals surface area contributed by atoms with Gasteiger partial charge in [-0.05, 0) is 48.3 Å². The summed E-state index contributed by atoms with van der Waals surface area (Å²) in [5, 5.41) is 0.635. The lowest BCUT2D eigenvalue weighted by molar-refractivity contribution is -0.109. The normalized spacial score (nSPS) is 10.3. The van der Waals surface area contributed by atoms with Gasteiger partial charge < -0.3 is 4.72 Å². The van der Waals surface area contributed by atoms with E-state index in [1.165, 1.54) is 18.9 Å². The van der Waals surface area contributed by atoms with Gasteiger partial charge in [-0.25, -0.2) is 0 Å². The average Bonchev–Trinajstić information content (AvgIpc) is 2.52. The second-order valence-electron chi connectivity index (χ2n) is 4.42. The van der Waals surface area contributed by atoms with E-state index >= 15 is 0 Å². The maximum atomic E-state index is 11.9. The van der Waals surface area contributed by atoms with Crippen molar-refractivity contribution in [2.24, 2.45) is 0 Å². The Kier molecular flexibility index (Phi) is 6.36. The number of benzene rings is 2. The van der Waals surface area contributed by atoms with Crippen LogP contribution in [-0.4, -0.2) is 16.7 Å². The summed E-state index contributed by atoms with van der Waals surface area (Å²) in [6.45, 7) is 1.46. The quantitative estimate of drug-likeness (QED) is 0.591. The standard InChI is InChI=1S/C16H14ClNO2S2/c1-11(19)21-10-15(20)12-6-8-13(9-7-12)18-22-16-5-3-2-4-14(16)17/h2-9,18H,10H2,1H3. The third-order valence-corrected chi connectivity index (χ3v) is 4.90. The van der Waals surface area contributed by atoms with Gasteiger partial charge in [-0.15, -0.1) is 0 Å². The van der Waals surface area contributed by atoms with E-state index in [0.717, 1.165) is 22.3 Å². The van der Waals surface area contributed by atoms with Crippen molar-refractivity contribution in [3.63, 3.8) is 0 Å². The van der Waals surface area contributed by atoms with Crippen molar-refractivity contribution in [1.82, 2.24) is 0 Å². The lowest BCUT2D eigenvalue weighted by atomic mass is 10.1. The Morgan fingerprint density at radius 2 is 1.77 bits per heavy atom. The largest absolute Gasteiger partial charge is 0.326 e. The number of anilines is 1. The molecule has 0 fully saturated rings. The van der Waals surface area contributed by atoms with Crippen molar-refractivity contribution in [2.75, 3.05) is 10.5 Å². The van der Waals surface area contributed by atoms with Gasteiger partial charge in [-0.2, -0.15) is 0 Å². The summed E-state index contributed by atoms with van der Waals surface area (Å²) in [5.41, 5.74) is 1.47. The van der Waals surface area contributed by atoms with Crippen molar-refractivity contribution in [3.05, 3.63) is 59.1 Å². The molecule has 0 aliphatic heterocycles. The van der Waals surface area contributed by atoms with Crippen LogP contribution in [0.2, 0.25) is 5.02 Å². The minimum Gasteiger partial charge on any atom is -0.326 e. The lowest BCUT2D eigenvalue weighted by Gasteiger charge is -2.07. The number of carbonyl (C=O) groups excluding carboxylic acids is 2. The van der Waals surface area contributed by atoms with Crippen LogP contribution in [0.4, 0.5) is 5.69 Å². The molecule has 2 rings (SSSR count). The number of thioether (sulfide) groups is 1. The van der Waals surface area contributed by atoms with E-state index in [4.69, 9.17) is 11.6 Å². The summed E-state index contributed by atoms with van der Waals surface area (Å²) in [4.78, 5) is 23.7. The van der Waals surface area contributed by atoms with Gasteiger partial charge in [0.2, 0.25) is 0 Å². The maximum absolute atomic E-state index is 11.9. The van der Waals surface area contributed by atoms with Crippen LogP contribution < -0.4 is 4.72 Å². The molecule has 0 saturated carbocycles. The fourth-order valence-corrected chi connectivity index (χ4v) is 3.04. The zero-order valence-corrected chi connectivity index (χ0v) is 14.2. The molecule has 0 aromatic heterocycles.